The number of hydrogen-bond donors (Lipinski definition) is 1. The Morgan fingerprint density at radius 3 is 2.12 bits per heavy atom. The van der Waals surface area contributed by atoms with Gasteiger partial charge in [-0.15, -0.1) is 0 Å². The molecule has 0 fully saturated rings. The Hall–Kier alpha value is -1.97. The van der Waals surface area contributed by atoms with Gasteiger partial charge in [0.2, 0.25) is 0 Å². The van der Waals surface area contributed by atoms with E-state index in [2.05, 4.69) is 0 Å². The molecule has 2 N–H and O–H groups in total. The second-order valence-corrected chi connectivity index (χ2v) is 3.71. The molecule has 0 bridgehead atoms. The monoisotopic (exact) mass is 237 g/mol. The highest BCUT2D eigenvalue weighted by Crippen LogP contribution is 2.36. The van der Waals surface area contributed by atoms with Crippen LogP contribution in [0.15, 0.2) is 48.5 Å². The first-order valence-electron chi connectivity index (χ1n) is 5.00. The normalized spacial score (nSPS) is 11.5. The number of halogens is 3. The molecule has 2 aromatic carbocycles. The molecule has 0 unspecified atom stereocenters. The average Bonchev–Trinajstić information content (AvgIpc) is 2.29. The van der Waals surface area contributed by atoms with Crippen LogP contribution in [0.25, 0.3) is 0 Å². The molecule has 0 aliphatic heterocycles. The summed E-state index contributed by atoms with van der Waals surface area (Å²) >= 11 is 0. The third kappa shape index (κ3) is 2.25. The summed E-state index contributed by atoms with van der Waals surface area (Å²) in [6.45, 7) is 0. The minimum absolute atomic E-state index is 0.205. The van der Waals surface area contributed by atoms with Gasteiger partial charge in [0.1, 0.15) is 5.82 Å². The zero-order chi connectivity index (χ0) is 12.5. The Bertz CT molecular complexity index is 520. The van der Waals surface area contributed by atoms with Crippen LogP contribution in [-0.4, -0.2) is 0 Å². The van der Waals surface area contributed by atoms with Crippen molar-refractivity contribution in [2.24, 2.45) is 0 Å². The van der Waals surface area contributed by atoms with Gasteiger partial charge in [-0.1, -0.05) is 12.1 Å². The Morgan fingerprint density at radius 2 is 1.53 bits per heavy atom. The first kappa shape index (κ1) is 11.5. The summed E-state index contributed by atoms with van der Waals surface area (Å²) in [6.07, 6.45) is 0. The van der Waals surface area contributed by atoms with Crippen LogP contribution in [-0.2, 0) is 5.92 Å². The Balaban J connectivity index is 2.45. The van der Waals surface area contributed by atoms with E-state index >= 15 is 0 Å². The molecule has 0 saturated carbocycles. The molecule has 0 atom stereocenters. The summed E-state index contributed by atoms with van der Waals surface area (Å²) < 4.78 is 40.7. The third-order valence-corrected chi connectivity index (χ3v) is 2.46. The number of nitrogens with two attached hydrogens (primary N) is 1. The molecule has 2 rings (SSSR count). The molecule has 88 valence electrons. The van der Waals surface area contributed by atoms with Crippen molar-refractivity contribution in [2.75, 3.05) is 5.73 Å². The van der Waals surface area contributed by atoms with Gasteiger partial charge in [-0.3, -0.25) is 0 Å². The number of nitrogen functional groups attached to an aromatic ring is 1. The van der Waals surface area contributed by atoms with Crippen LogP contribution in [0.3, 0.4) is 0 Å². The molecule has 1 nitrogen and oxygen atoms in total. The van der Waals surface area contributed by atoms with Crippen molar-refractivity contribution in [1.82, 2.24) is 0 Å². The molecule has 0 aliphatic rings. The first-order valence-corrected chi connectivity index (χ1v) is 5.00. The van der Waals surface area contributed by atoms with Crippen molar-refractivity contribution in [3.05, 3.63) is 65.5 Å². The molecule has 0 spiro atoms. The van der Waals surface area contributed by atoms with Gasteiger partial charge in [-0.2, -0.15) is 8.78 Å². The van der Waals surface area contributed by atoms with Gasteiger partial charge in [0.05, 0.1) is 0 Å². The predicted octanol–water partition coefficient (Wildman–Crippen LogP) is 3.55. The van der Waals surface area contributed by atoms with Crippen molar-refractivity contribution in [2.45, 2.75) is 5.92 Å². The fourth-order valence-electron chi connectivity index (χ4n) is 1.56. The van der Waals surface area contributed by atoms with E-state index in [0.717, 1.165) is 24.3 Å². The van der Waals surface area contributed by atoms with E-state index < -0.39 is 11.7 Å². The number of hydrogen-bond acceptors (Lipinski definition) is 1. The molecule has 0 aliphatic carbocycles. The average molecular weight is 237 g/mol. The smallest absolute Gasteiger partial charge is 0.298 e. The summed E-state index contributed by atoms with van der Waals surface area (Å²) in [6, 6.07) is 9.65. The van der Waals surface area contributed by atoms with Crippen molar-refractivity contribution in [3.63, 3.8) is 0 Å². The van der Waals surface area contributed by atoms with E-state index in [1.807, 2.05) is 0 Å². The van der Waals surface area contributed by atoms with Crippen LogP contribution in [0.5, 0.6) is 0 Å². The number of benzene rings is 2. The highest BCUT2D eigenvalue weighted by atomic mass is 19.3. The zero-order valence-electron chi connectivity index (χ0n) is 8.83. The van der Waals surface area contributed by atoms with Gasteiger partial charge in [0, 0.05) is 16.8 Å². The van der Waals surface area contributed by atoms with Gasteiger partial charge in [0.25, 0.3) is 5.92 Å². The van der Waals surface area contributed by atoms with E-state index in [9.17, 15) is 13.2 Å². The summed E-state index contributed by atoms with van der Waals surface area (Å²) in [5, 5.41) is 0. The van der Waals surface area contributed by atoms with Gasteiger partial charge in [-0.05, 0) is 36.4 Å². The maximum Gasteiger partial charge on any atom is 0.298 e. The molecule has 0 aromatic heterocycles. The van der Waals surface area contributed by atoms with E-state index in [1.165, 1.54) is 24.3 Å². The predicted molar refractivity (Wildman–Crippen MR) is 60.3 cm³/mol. The molecular weight excluding hydrogens is 227 g/mol. The lowest BCUT2D eigenvalue weighted by Crippen LogP contribution is -2.15. The zero-order valence-corrected chi connectivity index (χ0v) is 8.83. The van der Waals surface area contributed by atoms with Crippen LogP contribution in [0, 0.1) is 5.82 Å². The van der Waals surface area contributed by atoms with Gasteiger partial charge in [-0.25, -0.2) is 4.39 Å². The van der Waals surface area contributed by atoms with Gasteiger partial charge >= 0.3 is 0 Å². The minimum Gasteiger partial charge on any atom is -0.399 e. The molecule has 4 heteroatoms. The first-order chi connectivity index (χ1) is 8.00. The van der Waals surface area contributed by atoms with E-state index in [1.54, 1.807) is 0 Å². The maximum absolute atomic E-state index is 14.0. The Morgan fingerprint density at radius 1 is 0.882 bits per heavy atom. The molecule has 2 aromatic rings. The maximum atomic E-state index is 14.0. The number of anilines is 1. The summed E-state index contributed by atoms with van der Waals surface area (Å²) in [4.78, 5) is 0. The molecule has 0 radical (unpaired) electrons. The lowest BCUT2D eigenvalue weighted by Gasteiger charge is -2.17. The fourth-order valence-corrected chi connectivity index (χ4v) is 1.56. The van der Waals surface area contributed by atoms with Crippen molar-refractivity contribution in [1.29, 1.82) is 0 Å². The van der Waals surface area contributed by atoms with Crippen molar-refractivity contribution in [3.8, 4) is 0 Å². The Labute approximate surface area is 96.7 Å². The second kappa shape index (κ2) is 4.13. The quantitative estimate of drug-likeness (QED) is 0.794. The standard InChI is InChI=1S/C13H10F3N/c14-11-6-4-9(5-7-11)13(15,16)10-2-1-3-12(17)8-10/h1-8H,17H2. The van der Waals surface area contributed by atoms with Crippen LogP contribution in [0.2, 0.25) is 0 Å². The van der Waals surface area contributed by atoms with Crippen molar-refractivity contribution < 1.29 is 13.2 Å². The third-order valence-electron chi connectivity index (χ3n) is 2.46. The lowest BCUT2D eigenvalue weighted by molar-refractivity contribution is 0.0428. The summed E-state index contributed by atoms with van der Waals surface area (Å²) in [5.41, 5.74) is 5.27. The largest absolute Gasteiger partial charge is 0.399 e. The fraction of sp³-hybridized carbons (Fsp3) is 0.0769. The second-order valence-electron chi connectivity index (χ2n) is 3.71. The minimum atomic E-state index is -3.18. The van der Waals surface area contributed by atoms with E-state index in [-0.39, 0.29) is 16.8 Å². The number of alkyl halides is 2. The molecule has 17 heavy (non-hydrogen) atoms. The lowest BCUT2D eigenvalue weighted by atomic mass is 10.00. The molecule has 0 amide bonds. The molecular formula is C13H10F3N. The van der Waals surface area contributed by atoms with Gasteiger partial charge < -0.3 is 5.73 Å². The summed E-state index contributed by atoms with van der Waals surface area (Å²) in [7, 11) is 0. The number of rotatable bonds is 2. The SMILES string of the molecule is Nc1cccc(C(F)(F)c2ccc(F)cc2)c1. The van der Waals surface area contributed by atoms with E-state index in [0.29, 0.717) is 0 Å². The van der Waals surface area contributed by atoms with Crippen LogP contribution < -0.4 is 5.73 Å². The topological polar surface area (TPSA) is 26.0 Å². The molecule has 0 saturated heterocycles. The Kier molecular flexibility index (Phi) is 2.79. The summed E-state index contributed by atoms with van der Waals surface area (Å²) in [5.74, 6) is -3.72. The van der Waals surface area contributed by atoms with Crippen LogP contribution >= 0.6 is 0 Å². The van der Waals surface area contributed by atoms with Crippen LogP contribution in [0.4, 0.5) is 18.9 Å². The van der Waals surface area contributed by atoms with Crippen molar-refractivity contribution >= 4 is 5.69 Å². The van der Waals surface area contributed by atoms with E-state index in [4.69, 9.17) is 5.73 Å². The van der Waals surface area contributed by atoms with Gasteiger partial charge in [0.15, 0.2) is 0 Å². The highest BCUT2D eigenvalue weighted by Gasteiger charge is 2.33. The molecule has 0 heterocycles. The highest BCUT2D eigenvalue weighted by molar-refractivity contribution is 5.45. The van der Waals surface area contributed by atoms with Crippen LogP contribution in [0.1, 0.15) is 11.1 Å².